The lowest BCUT2D eigenvalue weighted by molar-refractivity contribution is 0.0546. The van der Waals surface area contributed by atoms with Crippen LogP contribution in [-0.4, -0.2) is 61.8 Å². The van der Waals surface area contributed by atoms with Crippen molar-refractivity contribution in [1.82, 2.24) is 29.7 Å². The van der Waals surface area contributed by atoms with E-state index in [-0.39, 0.29) is 11.9 Å². The maximum atomic E-state index is 12.9. The standard InChI is InChI=1S/C24H24N6O2/c1-18(23-25-22(27-32-23)19-8-4-2-5-9-19)28-14-16-29(17-15-28)24(31)21-12-13-30(26-21)20-10-6-3-7-11-20/h2-13,18H,14-17H2,1H3. The van der Waals surface area contributed by atoms with Crippen LogP contribution in [0.25, 0.3) is 17.1 Å². The monoisotopic (exact) mass is 428 g/mol. The van der Waals surface area contributed by atoms with Gasteiger partial charge in [-0.1, -0.05) is 53.7 Å². The highest BCUT2D eigenvalue weighted by molar-refractivity contribution is 5.92. The second-order valence-electron chi connectivity index (χ2n) is 7.81. The van der Waals surface area contributed by atoms with Gasteiger partial charge in [0.25, 0.3) is 5.91 Å². The van der Waals surface area contributed by atoms with Gasteiger partial charge in [-0.05, 0) is 25.1 Å². The van der Waals surface area contributed by atoms with Crippen molar-refractivity contribution in [2.24, 2.45) is 0 Å². The minimum Gasteiger partial charge on any atom is -0.337 e. The van der Waals surface area contributed by atoms with Gasteiger partial charge in [-0.2, -0.15) is 10.1 Å². The molecule has 2 aromatic heterocycles. The zero-order valence-electron chi connectivity index (χ0n) is 17.8. The second kappa shape index (κ2) is 8.76. The fourth-order valence-corrected chi connectivity index (χ4v) is 3.90. The van der Waals surface area contributed by atoms with Crippen LogP contribution in [0.15, 0.2) is 77.4 Å². The lowest BCUT2D eigenvalue weighted by atomic mass is 10.2. The average molecular weight is 428 g/mol. The van der Waals surface area contributed by atoms with Crippen molar-refractivity contribution in [2.45, 2.75) is 13.0 Å². The number of nitrogens with zero attached hydrogens (tertiary/aromatic N) is 6. The molecular weight excluding hydrogens is 404 g/mol. The lowest BCUT2D eigenvalue weighted by Gasteiger charge is -2.36. The van der Waals surface area contributed by atoms with Gasteiger partial charge >= 0.3 is 0 Å². The molecule has 32 heavy (non-hydrogen) atoms. The van der Waals surface area contributed by atoms with E-state index in [1.807, 2.05) is 71.8 Å². The fraction of sp³-hybridized carbons (Fsp3) is 0.250. The predicted molar refractivity (Wildman–Crippen MR) is 119 cm³/mol. The topological polar surface area (TPSA) is 80.3 Å². The first-order valence-electron chi connectivity index (χ1n) is 10.7. The molecule has 162 valence electrons. The van der Waals surface area contributed by atoms with Gasteiger partial charge in [0.05, 0.1) is 11.7 Å². The molecule has 0 N–H and O–H groups in total. The van der Waals surface area contributed by atoms with E-state index in [4.69, 9.17) is 4.52 Å². The highest BCUT2D eigenvalue weighted by Crippen LogP contribution is 2.23. The number of aromatic nitrogens is 4. The third-order valence-corrected chi connectivity index (χ3v) is 5.81. The van der Waals surface area contributed by atoms with Crippen LogP contribution in [0.4, 0.5) is 0 Å². The van der Waals surface area contributed by atoms with E-state index in [1.165, 1.54) is 0 Å². The number of carbonyl (C=O) groups is 1. The molecule has 8 heteroatoms. The maximum Gasteiger partial charge on any atom is 0.274 e. The Bertz CT molecular complexity index is 1180. The predicted octanol–water partition coefficient (Wildman–Crippen LogP) is 3.44. The number of para-hydroxylation sites is 1. The first-order valence-corrected chi connectivity index (χ1v) is 10.7. The van der Waals surface area contributed by atoms with Gasteiger partial charge in [-0.15, -0.1) is 0 Å². The van der Waals surface area contributed by atoms with E-state index in [2.05, 4.69) is 27.1 Å². The van der Waals surface area contributed by atoms with Crippen LogP contribution in [0.1, 0.15) is 29.3 Å². The van der Waals surface area contributed by atoms with E-state index in [0.29, 0.717) is 30.5 Å². The smallest absolute Gasteiger partial charge is 0.274 e. The summed E-state index contributed by atoms with van der Waals surface area (Å²) in [5, 5.41) is 8.59. The van der Waals surface area contributed by atoms with Gasteiger partial charge in [-0.3, -0.25) is 9.69 Å². The summed E-state index contributed by atoms with van der Waals surface area (Å²) in [6.07, 6.45) is 1.82. The summed E-state index contributed by atoms with van der Waals surface area (Å²) in [5.41, 5.74) is 2.32. The first kappa shape index (κ1) is 20.1. The Morgan fingerprint density at radius 1 is 0.938 bits per heavy atom. The van der Waals surface area contributed by atoms with Crippen molar-refractivity contribution >= 4 is 5.91 Å². The second-order valence-corrected chi connectivity index (χ2v) is 7.81. The first-order chi connectivity index (χ1) is 15.7. The molecule has 1 saturated heterocycles. The van der Waals surface area contributed by atoms with Crippen LogP contribution in [0, 0.1) is 0 Å². The Hall–Kier alpha value is -3.78. The molecule has 1 amide bonds. The molecule has 0 spiro atoms. The molecule has 5 rings (SSSR count). The molecular formula is C24H24N6O2. The normalized spacial score (nSPS) is 15.6. The Morgan fingerprint density at radius 3 is 2.34 bits per heavy atom. The van der Waals surface area contributed by atoms with Gasteiger partial charge in [0, 0.05) is 37.9 Å². The maximum absolute atomic E-state index is 12.9. The Labute approximate surface area is 186 Å². The third-order valence-electron chi connectivity index (χ3n) is 5.81. The average Bonchev–Trinajstić information content (AvgIpc) is 3.55. The molecule has 3 heterocycles. The molecule has 1 fully saturated rings. The summed E-state index contributed by atoms with van der Waals surface area (Å²) in [4.78, 5) is 21.6. The quantitative estimate of drug-likeness (QED) is 0.484. The highest BCUT2D eigenvalue weighted by Gasteiger charge is 2.29. The number of rotatable bonds is 5. The summed E-state index contributed by atoms with van der Waals surface area (Å²) in [7, 11) is 0. The lowest BCUT2D eigenvalue weighted by Crippen LogP contribution is -2.49. The van der Waals surface area contributed by atoms with Crippen molar-refractivity contribution in [3.8, 4) is 17.1 Å². The fourth-order valence-electron chi connectivity index (χ4n) is 3.90. The van der Waals surface area contributed by atoms with E-state index >= 15 is 0 Å². The van der Waals surface area contributed by atoms with Crippen LogP contribution < -0.4 is 0 Å². The summed E-state index contributed by atoms with van der Waals surface area (Å²) >= 11 is 0. The largest absolute Gasteiger partial charge is 0.337 e. The molecule has 1 aliphatic heterocycles. The van der Waals surface area contributed by atoms with E-state index < -0.39 is 0 Å². The molecule has 0 saturated carbocycles. The number of carbonyl (C=O) groups excluding carboxylic acids is 1. The minimum absolute atomic E-state index is 0.0190. The molecule has 8 nitrogen and oxygen atoms in total. The van der Waals surface area contributed by atoms with Crippen molar-refractivity contribution in [3.05, 3.63) is 84.5 Å². The van der Waals surface area contributed by atoms with Gasteiger partial charge in [0.2, 0.25) is 11.7 Å². The Kier molecular flexibility index (Phi) is 5.51. The summed E-state index contributed by atoms with van der Waals surface area (Å²) in [5.74, 6) is 1.14. The van der Waals surface area contributed by atoms with E-state index in [0.717, 1.165) is 24.3 Å². The van der Waals surface area contributed by atoms with Crippen LogP contribution in [0.2, 0.25) is 0 Å². The highest BCUT2D eigenvalue weighted by atomic mass is 16.5. The van der Waals surface area contributed by atoms with Crippen LogP contribution in [-0.2, 0) is 0 Å². The zero-order chi connectivity index (χ0) is 21.9. The van der Waals surface area contributed by atoms with Gasteiger partial charge < -0.3 is 9.42 Å². The van der Waals surface area contributed by atoms with Gasteiger partial charge in [-0.25, -0.2) is 4.68 Å². The Morgan fingerprint density at radius 2 is 1.62 bits per heavy atom. The molecule has 0 bridgehead atoms. The zero-order valence-corrected chi connectivity index (χ0v) is 17.8. The SMILES string of the molecule is CC(c1nc(-c2ccccc2)no1)N1CCN(C(=O)c2ccn(-c3ccccc3)n2)CC1. The number of amides is 1. The third kappa shape index (κ3) is 4.04. The molecule has 1 atom stereocenters. The molecule has 1 aliphatic rings. The van der Waals surface area contributed by atoms with E-state index in [1.54, 1.807) is 10.7 Å². The minimum atomic E-state index is -0.0452. The summed E-state index contributed by atoms with van der Waals surface area (Å²) in [6, 6.07) is 21.3. The molecule has 0 radical (unpaired) electrons. The van der Waals surface area contributed by atoms with Crippen LogP contribution >= 0.6 is 0 Å². The summed E-state index contributed by atoms with van der Waals surface area (Å²) < 4.78 is 7.25. The van der Waals surface area contributed by atoms with E-state index in [9.17, 15) is 4.79 Å². The molecule has 4 aromatic rings. The number of hydrogen-bond acceptors (Lipinski definition) is 6. The molecule has 1 unspecified atom stereocenters. The summed E-state index contributed by atoms with van der Waals surface area (Å²) in [6.45, 7) is 4.77. The Balaban J connectivity index is 1.20. The molecule has 2 aromatic carbocycles. The molecule has 0 aliphatic carbocycles. The van der Waals surface area contributed by atoms with Crippen molar-refractivity contribution in [1.29, 1.82) is 0 Å². The van der Waals surface area contributed by atoms with Gasteiger partial charge in [0.15, 0.2) is 5.69 Å². The number of benzene rings is 2. The van der Waals surface area contributed by atoms with Crippen LogP contribution in [0.3, 0.4) is 0 Å². The van der Waals surface area contributed by atoms with Crippen molar-refractivity contribution < 1.29 is 9.32 Å². The number of piperazine rings is 1. The van der Waals surface area contributed by atoms with Crippen LogP contribution in [0.5, 0.6) is 0 Å². The van der Waals surface area contributed by atoms with Crippen molar-refractivity contribution in [2.75, 3.05) is 26.2 Å². The van der Waals surface area contributed by atoms with Crippen molar-refractivity contribution in [3.63, 3.8) is 0 Å². The van der Waals surface area contributed by atoms with Gasteiger partial charge in [0.1, 0.15) is 0 Å². The number of hydrogen-bond donors (Lipinski definition) is 0.